The average Bonchev–Trinajstić information content (AvgIpc) is 2.81. The van der Waals surface area contributed by atoms with Crippen LogP contribution < -0.4 is 5.56 Å². The van der Waals surface area contributed by atoms with Gasteiger partial charge < -0.3 is 10.0 Å². The van der Waals surface area contributed by atoms with E-state index in [-0.39, 0.29) is 11.1 Å². The number of aromatic carboxylic acids is 1. The number of benzene rings is 2. The molecule has 1 fully saturated rings. The van der Waals surface area contributed by atoms with E-state index in [4.69, 9.17) is 0 Å². The summed E-state index contributed by atoms with van der Waals surface area (Å²) in [6.07, 6.45) is 3.69. The molecule has 0 atom stereocenters. The summed E-state index contributed by atoms with van der Waals surface area (Å²) in [5.74, 6) is -1.00. The van der Waals surface area contributed by atoms with Crippen molar-refractivity contribution in [3.05, 3.63) is 76.2 Å². The van der Waals surface area contributed by atoms with Gasteiger partial charge in [-0.3, -0.25) is 14.3 Å². The van der Waals surface area contributed by atoms with Crippen molar-refractivity contribution in [2.45, 2.75) is 32.7 Å². The van der Waals surface area contributed by atoms with Gasteiger partial charge in [0.1, 0.15) is 0 Å². The van der Waals surface area contributed by atoms with Gasteiger partial charge in [-0.25, -0.2) is 4.79 Å². The largest absolute Gasteiger partial charge is 0.478 e. The first-order valence-corrected chi connectivity index (χ1v) is 11.5. The zero-order valence-corrected chi connectivity index (χ0v) is 18.7. The molecular formula is C26H31N3O3. The van der Waals surface area contributed by atoms with Crippen molar-refractivity contribution in [2.24, 2.45) is 0 Å². The maximum absolute atomic E-state index is 13.5. The molecule has 0 unspecified atom stereocenters. The number of carboxylic acids is 1. The highest BCUT2D eigenvalue weighted by Crippen LogP contribution is 2.24. The lowest BCUT2D eigenvalue weighted by Gasteiger charge is -2.35. The van der Waals surface area contributed by atoms with Crippen LogP contribution in [0.3, 0.4) is 0 Å². The lowest BCUT2D eigenvalue weighted by molar-refractivity contribution is 0.0693. The van der Waals surface area contributed by atoms with Crippen LogP contribution in [0.1, 0.15) is 42.2 Å². The van der Waals surface area contributed by atoms with Crippen LogP contribution in [0.5, 0.6) is 0 Å². The third kappa shape index (κ3) is 4.61. The number of nitrogens with zero attached hydrogens (tertiary/aromatic N) is 3. The smallest absolute Gasteiger partial charge is 0.338 e. The fourth-order valence-electron chi connectivity index (χ4n) is 4.60. The highest BCUT2D eigenvalue weighted by molar-refractivity contribution is 6.04. The van der Waals surface area contributed by atoms with Crippen LogP contribution in [-0.4, -0.2) is 58.2 Å². The second-order valence-corrected chi connectivity index (χ2v) is 8.47. The molecule has 0 amide bonds. The van der Waals surface area contributed by atoms with Crippen LogP contribution >= 0.6 is 0 Å². The summed E-state index contributed by atoms with van der Waals surface area (Å²) in [6.45, 7) is 7.42. The third-order valence-corrected chi connectivity index (χ3v) is 6.33. The normalized spacial score (nSPS) is 15.3. The minimum atomic E-state index is -1.00. The molecule has 1 aliphatic heterocycles. The Hall–Kier alpha value is -2.96. The Bertz CT molecular complexity index is 1130. The lowest BCUT2D eigenvalue weighted by atomic mass is 10.0. The first-order valence-electron chi connectivity index (χ1n) is 11.5. The molecule has 6 nitrogen and oxygen atoms in total. The summed E-state index contributed by atoms with van der Waals surface area (Å²) in [5.41, 5.74) is 1.28. The van der Waals surface area contributed by atoms with Crippen LogP contribution in [-0.2, 0) is 6.54 Å². The summed E-state index contributed by atoms with van der Waals surface area (Å²) < 4.78 is 1.60. The Balaban J connectivity index is 1.73. The number of aromatic nitrogens is 1. The van der Waals surface area contributed by atoms with Crippen LogP contribution in [0.2, 0.25) is 0 Å². The summed E-state index contributed by atoms with van der Waals surface area (Å²) in [5, 5.41) is 11.1. The van der Waals surface area contributed by atoms with Gasteiger partial charge in [0, 0.05) is 49.2 Å². The molecule has 0 aliphatic carbocycles. The van der Waals surface area contributed by atoms with Crippen molar-refractivity contribution >= 4 is 16.7 Å². The van der Waals surface area contributed by atoms with Gasteiger partial charge in [-0.2, -0.15) is 0 Å². The topological polar surface area (TPSA) is 65.8 Å². The Morgan fingerprint density at radius 1 is 0.875 bits per heavy atom. The van der Waals surface area contributed by atoms with Gasteiger partial charge in [-0.05, 0) is 31.2 Å². The molecule has 3 aromatic rings. The number of para-hydroxylation sites is 1. The third-order valence-electron chi connectivity index (χ3n) is 6.33. The second kappa shape index (κ2) is 10.1. The number of hydrogen-bond donors (Lipinski definition) is 1. The Morgan fingerprint density at radius 3 is 2.16 bits per heavy atom. The molecule has 0 saturated carbocycles. The Kier molecular flexibility index (Phi) is 7.02. The number of fused-ring (bicyclic) bond motifs is 1. The SMILES string of the molecule is CCCCCN1CCN(Cc2c(C(=O)O)c3ccccc3c(=O)n2-c2ccccc2)CC1. The number of unbranched alkanes of at least 4 members (excludes halogenated alkanes) is 2. The molecule has 2 heterocycles. The molecular weight excluding hydrogens is 402 g/mol. The molecule has 0 radical (unpaired) electrons. The number of carbonyl (C=O) groups is 1. The van der Waals surface area contributed by atoms with E-state index in [1.54, 1.807) is 28.8 Å². The molecule has 0 bridgehead atoms. The fraction of sp³-hybridized carbons (Fsp3) is 0.385. The van der Waals surface area contributed by atoms with E-state index in [1.165, 1.54) is 19.3 Å². The zero-order valence-electron chi connectivity index (χ0n) is 18.7. The Labute approximate surface area is 188 Å². The minimum Gasteiger partial charge on any atom is -0.478 e. The van der Waals surface area contributed by atoms with E-state index in [9.17, 15) is 14.7 Å². The van der Waals surface area contributed by atoms with Crippen molar-refractivity contribution in [3.63, 3.8) is 0 Å². The summed E-state index contributed by atoms with van der Waals surface area (Å²) in [6, 6.07) is 16.4. The molecule has 168 valence electrons. The number of hydrogen-bond acceptors (Lipinski definition) is 4. The summed E-state index contributed by atoms with van der Waals surface area (Å²) >= 11 is 0. The maximum atomic E-state index is 13.5. The van der Waals surface area contributed by atoms with Crippen LogP contribution in [0, 0.1) is 0 Å². The quantitative estimate of drug-likeness (QED) is 0.544. The van der Waals surface area contributed by atoms with Crippen molar-refractivity contribution < 1.29 is 9.90 Å². The Morgan fingerprint density at radius 2 is 1.50 bits per heavy atom. The highest BCUT2D eigenvalue weighted by Gasteiger charge is 2.25. The number of pyridine rings is 1. The van der Waals surface area contributed by atoms with Crippen LogP contribution in [0.4, 0.5) is 0 Å². The predicted molar refractivity (Wildman–Crippen MR) is 128 cm³/mol. The van der Waals surface area contributed by atoms with Crippen molar-refractivity contribution in [1.29, 1.82) is 0 Å². The number of piperazine rings is 1. The maximum Gasteiger partial charge on any atom is 0.338 e. The molecule has 2 aromatic carbocycles. The fourth-order valence-corrected chi connectivity index (χ4v) is 4.60. The van der Waals surface area contributed by atoms with Crippen molar-refractivity contribution in [3.8, 4) is 5.69 Å². The lowest BCUT2D eigenvalue weighted by Crippen LogP contribution is -2.46. The van der Waals surface area contributed by atoms with E-state index >= 15 is 0 Å². The molecule has 1 N–H and O–H groups in total. The van der Waals surface area contributed by atoms with Gasteiger partial charge in [0.05, 0.1) is 11.3 Å². The van der Waals surface area contributed by atoms with Crippen molar-refractivity contribution in [2.75, 3.05) is 32.7 Å². The molecule has 4 rings (SSSR count). The monoisotopic (exact) mass is 433 g/mol. The standard InChI is InChI=1S/C26H31N3O3/c1-2-3-9-14-27-15-17-28(18-16-27)19-23-24(26(31)32)21-12-7-8-13-22(21)25(30)29(23)20-10-5-4-6-11-20/h4-8,10-13H,2-3,9,14-19H2,1H3,(H,31,32). The molecule has 0 spiro atoms. The van der Waals surface area contributed by atoms with E-state index in [1.807, 2.05) is 30.3 Å². The van der Waals surface area contributed by atoms with Gasteiger partial charge in [0.15, 0.2) is 0 Å². The molecule has 32 heavy (non-hydrogen) atoms. The molecule has 1 aromatic heterocycles. The summed E-state index contributed by atoms with van der Waals surface area (Å²) in [4.78, 5) is 30.7. The van der Waals surface area contributed by atoms with Crippen LogP contribution in [0.15, 0.2) is 59.4 Å². The zero-order chi connectivity index (χ0) is 22.5. The van der Waals surface area contributed by atoms with Gasteiger partial charge in [-0.15, -0.1) is 0 Å². The summed E-state index contributed by atoms with van der Waals surface area (Å²) in [7, 11) is 0. The highest BCUT2D eigenvalue weighted by atomic mass is 16.4. The van der Waals surface area contributed by atoms with Gasteiger partial charge in [0.25, 0.3) is 5.56 Å². The van der Waals surface area contributed by atoms with E-state index in [2.05, 4.69) is 16.7 Å². The minimum absolute atomic E-state index is 0.176. The molecule has 6 heteroatoms. The van der Waals surface area contributed by atoms with Crippen molar-refractivity contribution in [1.82, 2.24) is 14.4 Å². The van der Waals surface area contributed by atoms with E-state index in [0.29, 0.717) is 28.7 Å². The predicted octanol–water partition coefficient (Wildman–Crippen LogP) is 4.00. The number of rotatable bonds is 8. The van der Waals surface area contributed by atoms with Gasteiger partial charge >= 0.3 is 5.97 Å². The first-order chi connectivity index (χ1) is 15.6. The molecule has 1 saturated heterocycles. The average molecular weight is 434 g/mol. The van der Waals surface area contributed by atoms with Gasteiger partial charge in [0.2, 0.25) is 0 Å². The first kappa shape index (κ1) is 22.2. The van der Waals surface area contributed by atoms with E-state index < -0.39 is 5.97 Å². The van der Waals surface area contributed by atoms with E-state index in [0.717, 1.165) is 32.7 Å². The van der Waals surface area contributed by atoms with Gasteiger partial charge in [-0.1, -0.05) is 56.2 Å². The molecule has 1 aliphatic rings. The number of carboxylic acid groups (broad SMARTS) is 1. The second-order valence-electron chi connectivity index (χ2n) is 8.47. The van der Waals surface area contributed by atoms with Crippen LogP contribution in [0.25, 0.3) is 16.5 Å².